The number of aromatic amines is 2. The number of nitrogens with one attached hydrogen (secondary N) is 3. The van der Waals surface area contributed by atoms with Gasteiger partial charge in [-0.25, -0.2) is 14.4 Å². The van der Waals surface area contributed by atoms with Crippen molar-refractivity contribution in [2.45, 2.75) is 6.92 Å². The van der Waals surface area contributed by atoms with Crippen LogP contribution in [-0.4, -0.2) is 30.1 Å². The lowest BCUT2D eigenvalue weighted by molar-refractivity contribution is 0.627. The fraction of sp³-hybridized carbons (Fsp3) is 0.0303. The number of imidazole rings is 1. The van der Waals surface area contributed by atoms with E-state index in [1.165, 1.54) is 12.1 Å². The molecule has 4 aromatic heterocycles. The van der Waals surface area contributed by atoms with Crippen LogP contribution in [0.2, 0.25) is 0 Å². The van der Waals surface area contributed by atoms with Crippen molar-refractivity contribution in [3.8, 4) is 22.6 Å². The zero-order chi connectivity index (χ0) is 28.3. The van der Waals surface area contributed by atoms with E-state index in [2.05, 4.69) is 43.6 Å². The summed E-state index contributed by atoms with van der Waals surface area (Å²) >= 11 is 0. The van der Waals surface area contributed by atoms with Gasteiger partial charge in [0.1, 0.15) is 11.5 Å². The maximum atomic E-state index is 14.0. The smallest absolute Gasteiger partial charge is 0.159 e. The van der Waals surface area contributed by atoms with Crippen LogP contribution in [0.3, 0.4) is 0 Å². The van der Waals surface area contributed by atoms with E-state index in [9.17, 15) is 4.39 Å². The Kier molecular flexibility index (Phi) is 6.79. The van der Waals surface area contributed by atoms with E-state index in [1.54, 1.807) is 30.7 Å². The highest BCUT2D eigenvalue weighted by atomic mass is 19.1. The van der Waals surface area contributed by atoms with E-state index in [0.717, 1.165) is 44.7 Å². The molecule has 7 nitrogen and oxygen atoms in total. The molecule has 0 aliphatic heterocycles. The molecule has 0 spiro atoms. The van der Waals surface area contributed by atoms with Crippen LogP contribution in [0.4, 0.5) is 10.1 Å². The zero-order valence-electron chi connectivity index (χ0n) is 22.3. The minimum Gasteiger partial charge on any atom is -0.354 e. The highest BCUT2D eigenvalue weighted by Crippen LogP contribution is 2.32. The first-order valence-corrected chi connectivity index (χ1v) is 13.0. The van der Waals surface area contributed by atoms with Gasteiger partial charge < -0.3 is 10.3 Å². The maximum absolute atomic E-state index is 14.0. The number of allylic oxidation sites excluding steroid dienone is 2. The molecule has 4 heterocycles. The Labute approximate surface area is 236 Å². The van der Waals surface area contributed by atoms with E-state index < -0.39 is 0 Å². The molecule has 200 valence electrons. The molecule has 0 saturated carbocycles. The lowest BCUT2D eigenvalue weighted by Crippen LogP contribution is -1.98. The summed E-state index contributed by atoms with van der Waals surface area (Å²) in [5.41, 5.74) is 8.58. The molecule has 0 unspecified atom stereocenters. The third-order valence-electron chi connectivity index (χ3n) is 6.69. The van der Waals surface area contributed by atoms with Crippen molar-refractivity contribution in [1.82, 2.24) is 30.1 Å². The molecule has 0 aliphatic rings. The van der Waals surface area contributed by atoms with E-state index >= 15 is 0 Å². The summed E-state index contributed by atoms with van der Waals surface area (Å²) in [6, 6.07) is 20.4. The molecular weight excluding hydrogens is 513 g/mol. The predicted molar refractivity (Wildman–Crippen MR) is 162 cm³/mol. The molecule has 0 atom stereocenters. The van der Waals surface area contributed by atoms with Gasteiger partial charge in [-0.05, 0) is 42.3 Å². The van der Waals surface area contributed by atoms with Crippen molar-refractivity contribution < 1.29 is 4.39 Å². The molecule has 0 radical (unpaired) electrons. The first-order chi connectivity index (χ1) is 20.0. The van der Waals surface area contributed by atoms with Crippen LogP contribution in [-0.2, 0) is 0 Å². The second kappa shape index (κ2) is 10.9. The minimum absolute atomic E-state index is 0.319. The van der Waals surface area contributed by atoms with E-state index in [4.69, 9.17) is 4.98 Å². The lowest BCUT2D eigenvalue weighted by atomic mass is 10.0. The van der Waals surface area contributed by atoms with Gasteiger partial charge in [0.05, 0.1) is 23.0 Å². The van der Waals surface area contributed by atoms with Crippen LogP contribution in [0, 0.1) is 12.7 Å². The number of rotatable bonds is 8. The van der Waals surface area contributed by atoms with Gasteiger partial charge in [-0.15, -0.1) is 0 Å². The summed E-state index contributed by atoms with van der Waals surface area (Å²) in [5, 5.41) is 11.7. The van der Waals surface area contributed by atoms with Gasteiger partial charge in [-0.2, -0.15) is 5.10 Å². The van der Waals surface area contributed by atoms with Gasteiger partial charge in [-0.3, -0.25) is 10.1 Å². The number of aromatic nitrogens is 6. The monoisotopic (exact) mass is 539 g/mol. The average Bonchev–Trinajstić information content (AvgIpc) is 3.59. The quantitative estimate of drug-likeness (QED) is 0.174. The van der Waals surface area contributed by atoms with Gasteiger partial charge in [0.25, 0.3) is 0 Å². The Morgan fingerprint density at radius 3 is 2.56 bits per heavy atom. The molecule has 6 aromatic rings. The number of hydrogen-bond donors (Lipinski definition) is 3. The number of halogens is 1. The maximum Gasteiger partial charge on any atom is 0.159 e. The van der Waals surface area contributed by atoms with Crippen LogP contribution < -0.4 is 5.32 Å². The average molecular weight is 540 g/mol. The number of anilines is 1. The number of hydrogen-bond acceptors (Lipinski definition) is 5. The highest BCUT2D eigenvalue weighted by Gasteiger charge is 2.19. The van der Waals surface area contributed by atoms with Crippen molar-refractivity contribution >= 4 is 28.0 Å². The Morgan fingerprint density at radius 2 is 1.76 bits per heavy atom. The summed E-state index contributed by atoms with van der Waals surface area (Å²) in [6.45, 7) is 9.91. The van der Waals surface area contributed by atoms with Gasteiger partial charge >= 0.3 is 0 Å². The molecule has 8 heteroatoms. The summed E-state index contributed by atoms with van der Waals surface area (Å²) in [7, 11) is 0. The number of nitrogens with zero attached hydrogens (tertiary/aromatic N) is 4. The van der Waals surface area contributed by atoms with Gasteiger partial charge in [-0.1, -0.05) is 67.8 Å². The van der Waals surface area contributed by atoms with Crippen LogP contribution in [0.5, 0.6) is 0 Å². The van der Waals surface area contributed by atoms with Crippen molar-refractivity contribution in [1.29, 1.82) is 0 Å². The van der Waals surface area contributed by atoms with E-state index in [1.807, 2.05) is 61.5 Å². The molecule has 2 aromatic carbocycles. The Hall–Kier alpha value is -5.63. The van der Waals surface area contributed by atoms with Crippen LogP contribution >= 0.6 is 0 Å². The molecule has 0 amide bonds. The number of benzene rings is 2. The molecule has 0 fully saturated rings. The van der Waals surface area contributed by atoms with Crippen molar-refractivity contribution in [3.05, 3.63) is 139 Å². The number of pyridine rings is 2. The van der Waals surface area contributed by atoms with E-state index in [-0.39, 0.29) is 5.82 Å². The van der Waals surface area contributed by atoms with Gasteiger partial charge in [0, 0.05) is 40.5 Å². The van der Waals surface area contributed by atoms with Crippen LogP contribution in [0.1, 0.15) is 22.5 Å². The Balaban J connectivity index is 1.34. The topological polar surface area (TPSA) is 95.2 Å². The summed E-state index contributed by atoms with van der Waals surface area (Å²) in [4.78, 5) is 17.2. The molecule has 6 rings (SSSR count). The first kappa shape index (κ1) is 25.6. The largest absolute Gasteiger partial charge is 0.354 e. The highest BCUT2D eigenvalue weighted by molar-refractivity contribution is 5.92. The molecule has 0 bridgehead atoms. The second-order valence-electron chi connectivity index (χ2n) is 9.51. The first-order valence-electron chi connectivity index (χ1n) is 13.0. The fourth-order valence-electron chi connectivity index (χ4n) is 4.71. The van der Waals surface area contributed by atoms with Crippen molar-refractivity contribution in [3.63, 3.8) is 0 Å². The van der Waals surface area contributed by atoms with Gasteiger partial charge in [0.2, 0.25) is 0 Å². The van der Waals surface area contributed by atoms with Crippen LogP contribution in [0.25, 0.3) is 44.9 Å². The van der Waals surface area contributed by atoms with Gasteiger partial charge in [0.15, 0.2) is 11.5 Å². The minimum atomic E-state index is -0.319. The normalized spacial score (nSPS) is 11.5. The van der Waals surface area contributed by atoms with Crippen molar-refractivity contribution in [2.75, 3.05) is 5.32 Å². The Morgan fingerprint density at radius 1 is 0.951 bits per heavy atom. The summed E-state index contributed by atoms with van der Waals surface area (Å²) < 4.78 is 14.0. The summed E-state index contributed by atoms with van der Waals surface area (Å²) in [5.74, 6) is 0.252. The molecule has 3 N–H and O–H groups in total. The predicted octanol–water partition coefficient (Wildman–Crippen LogP) is 7.56. The fourth-order valence-corrected chi connectivity index (χ4v) is 4.71. The third-order valence-corrected chi connectivity index (χ3v) is 6.69. The molecule has 0 saturated heterocycles. The zero-order valence-corrected chi connectivity index (χ0v) is 22.3. The SMILES string of the molecule is C=C/C=C(/c1cccc(F)c1)c1nc(-c2n[nH]c3ncc(-c4cncc(NC(=C)c5ccccc5)c4)cc23)[nH]c1C. The number of H-pyrrole nitrogens is 2. The van der Waals surface area contributed by atoms with Crippen molar-refractivity contribution in [2.24, 2.45) is 0 Å². The second-order valence-corrected chi connectivity index (χ2v) is 9.51. The molecule has 0 aliphatic carbocycles. The summed E-state index contributed by atoms with van der Waals surface area (Å²) in [6.07, 6.45) is 8.82. The number of fused-ring (bicyclic) bond motifs is 1. The number of aryl methyl sites for hydroxylation is 1. The standard InChI is InChI=1S/C33H26FN7/c1-4-9-28(23-12-8-13-26(34)14-23)30-21(3)38-33(39-30)31-29-16-25(18-36-32(29)41-40-31)24-15-27(19-35-17-24)37-20(2)22-10-6-5-7-11-22/h4-19,37H,1-2H2,3H3,(H,38,39)(H,36,40,41)/b28-9-. The molecular formula is C33H26FN7. The van der Waals surface area contributed by atoms with Crippen LogP contribution in [0.15, 0.2) is 111 Å². The third kappa shape index (κ3) is 5.18. The molecule has 41 heavy (non-hydrogen) atoms. The van der Waals surface area contributed by atoms with E-state index in [0.29, 0.717) is 28.4 Å². The Bertz CT molecular complexity index is 1930. The lowest BCUT2D eigenvalue weighted by Gasteiger charge is -2.11.